The van der Waals surface area contributed by atoms with E-state index in [1.54, 1.807) is 6.07 Å². The van der Waals surface area contributed by atoms with Crippen molar-refractivity contribution in [3.05, 3.63) is 15.4 Å². The summed E-state index contributed by atoms with van der Waals surface area (Å²) in [4.78, 5) is 0. The van der Waals surface area contributed by atoms with Gasteiger partial charge in [0, 0.05) is 6.54 Å². The molecule has 0 amide bonds. The second-order valence-corrected chi connectivity index (χ2v) is 9.41. The van der Waals surface area contributed by atoms with Gasteiger partial charge in [0.25, 0.3) is 0 Å². The molecular formula is C12H18BrNO3S2. The molecule has 7 heteroatoms. The Balaban J connectivity index is 1.94. The predicted molar refractivity (Wildman–Crippen MR) is 79.9 cm³/mol. The first kappa shape index (κ1) is 15.4. The number of hydrogen-bond donors (Lipinski definition) is 2. The van der Waals surface area contributed by atoms with Crippen LogP contribution in [0.2, 0.25) is 0 Å². The van der Waals surface area contributed by atoms with Crippen molar-refractivity contribution in [3.63, 3.8) is 0 Å². The number of aliphatic hydroxyl groups is 1. The van der Waals surface area contributed by atoms with Crippen LogP contribution in [0.5, 0.6) is 0 Å². The van der Waals surface area contributed by atoms with Crippen molar-refractivity contribution in [2.24, 2.45) is 5.92 Å². The standard InChI is InChI=1S/C12H18BrNO3S2/c1-8-6-11(18-12(8)13)19(16,17)14-7-9-2-4-10(15)5-3-9/h6,9-10,14-15H,2-5,7H2,1H3. The molecule has 1 aliphatic rings. The first-order valence-corrected chi connectivity index (χ1v) is 9.41. The normalized spacial score (nSPS) is 24.6. The van der Waals surface area contributed by atoms with E-state index in [1.165, 1.54) is 11.3 Å². The minimum absolute atomic E-state index is 0.205. The number of sulfonamides is 1. The molecule has 0 radical (unpaired) electrons. The largest absolute Gasteiger partial charge is 0.393 e. The summed E-state index contributed by atoms with van der Waals surface area (Å²) in [6.45, 7) is 2.34. The number of halogens is 1. The van der Waals surface area contributed by atoms with Gasteiger partial charge in [-0.25, -0.2) is 13.1 Å². The Morgan fingerprint density at radius 2 is 2.05 bits per heavy atom. The third kappa shape index (κ3) is 4.01. The van der Waals surface area contributed by atoms with Crippen molar-refractivity contribution < 1.29 is 13.5 Å². The topological polar surface area (TPSA) is 66.4 Å². The van der Waals surface area contributed by atoms with Crippen LogP contribution >= 0.6 is 27.3 Å². The number of aryl methyl sites for hydroxylation is 1. The molecule has 1 aromatic rings. The molecular weight excluding hydrogens is 350 g/mol. The van der Waals surface area contributed by atoms with Gasteiger partial charge in [0.15, 0.2) is 0 Å². The van der Waals surface area contributed by atoms with Crippen LogP contribution in [0.3, 0.4) is 0 Å². The van der Waals surface area contributed by atoms with Gasteiger partial charge < -0.3 is 5.11 Å². The number of aliphatic hydroxyl groups excluding tert-OH is 1. The molecule has 0 bridgehead atoms. The summed E-state index contributed by atoms with van der Waals surface area (Å²) in [7, 11) is -3.40. The Morgan fingerprint density at radius 3 is 2.58 bits per heavy atom. The van der Waals surface area contributed by atoms with E-state index in [2.05, 4.69) is 20.7 Å². The molecule has 1 saturated carbocycles. The highest BCUT2D eigenvalue weighted by Crippen LogP contribution is 2.30. The van der Waals surface area contributed by atoms with Crippen LogP contribution in [-0.2, 0) is 10.0 Å². The molecule has 1 fully saturated rings. The molecule has 19 heavy (non-hydrogen) atoms. The zero-order valence-corrected chi connectivity index (χ0v) is 13.9. The second-order valence-electron chi connectivity index (χ2n) is 5.05. The first-order valence-electron chi connectivity index (χ1n) is 6.32. The van der Waals surface area contributed by atoms with E-state index in [1.807, 2.05) is 6.92 Å². The molecule has 1 aliphatic carbocycles. The molecule has 1 heterocycles. The van der Waals surface area contributed by atoms with E-state index in [4.69, 9.17) is 0 Å². The van der Waals surface area contributed by atoms with E-state index >= 15 is 0 Å². The van der Waals surface area contributed by atoms with Crippen LogP contribution in [-0.4, -0.2) is 26.2 Å². The Bertz CT molecular complexity index is 514. The molecule has 0 atom stereocenters. The van der Waals surface area contributed by atoms with E-state index in [0.29, 0.717) is 16.7 Å². The van der Waals surface area contributed by atoms with Crippen LogP contribution in [0.1, 0.15) is 31.2 Å². The van der Waals surface area contributed by atoms with Gasteiger partial charge in [-0.05, 0) is 66.1 Å². The fourth-order valence-corrected chi connectivity index (χ4v) is 5.60. The summed E-state index contributed by atoms with van der Waals surface area (Å²) in [5.41, 5.74) is 0.936. The lowest BCUT2D eigenvalue weighted by molar-refractivity contribution is 0.110. The van der Waals surface area contributed by atoms with Gasteiger partial charge in [0.2, 0.25) is 10.0 Å². The molecule has 2 N–H and O–H groups in total. The molecule has 0 spiro atoms. The third-order valence-corrected chi connectivity index (χ3v) is 7.51. The van der Waals surface area contributed by atoms with Crippen molar-refractivity contribution in [2.45, 2.75) is 42.9 Å². The maximum absolute atomic E-state index is 12.1. The van der Waals surface area contributed by atoms with Gasteiger partial charge in [-0.3, -0.25) is 0 Å². The molecule has 0 aliphatic heterocycles. The van der Waals surface area contributed by atoms with Crippen LogP contribution < -0.4 is 4.72 Å². The highest BCUT2D eigenvalue weighted by molar-refractivity contribution is 9.11. The van der Waals surface area contributed by atoms with Crippen LogP contribution in [0.15, 0.2) is 14.1 Å². The molecule has 108 valence electrons. The van der Waals surface area contributed by atoms with E-state index in [9.17, 15) is 13.5 Å². The lowest BCUT2D eigenvalue weighted by Crippen LogP contribution is -2.31. The Kier molecular flexibility index (Phi) is 5.05. The summed E-state index contributed by atoms with van der Waals surface area (Å²) in [5.74, 6) is 0.336. The van der Waals surface area contributed by atoms with E-state index < -0.39 is 10.0 Å². The third-order valence-electron chi connectivity index (χ3n) is 3.48. The molecule has 2 rings (SSSR count). The number of nitrogens with one attached hydrogen (secondary N) is 1. The van der Waals surface area contributed by atoms with Crippen molar-refractivity contribution >= 4 is 37.3 Å². The van der Waals surface area contributed by atoms with Crippen molar-refractivity contribution in [1.82, 2.24) is 4.72 Å². The summed E-state index contributed by atoms with van der Waals surface area (Å²) in [6.07, 6.45) is 3.11. The van der Waals surface area contributed by atoms with Crippen LogP contribution in [0, 0.1) is 12.8 Å². The smallest absolute Gasteiger partial charge is 0.250 e. The summed E-state index contributed by atoms with van der Waals surface area (Å²) in [6, 6.07) is 1.68. The highest BCUT2D eigenvalue weighted by atomic mass is 79.9. The fourth-order valence-electron chi connectivity index (χ4n) is 2.21. The zero-order valence-electron chi connectivity index (χ0n) is 10.7. The molecule has 0 unspecified atom stereocenters. The Hall–Kier alpha value is 0.0500. The fraction of sp³-hybridized carbons (Fsp3) is 0.667. The SMILES string of the molecule is Cc1cc(S(=O)(=O)NCC2CCC(O)CC2)sc1Br. The van der Waals surface area contributed by atoms with E-state index in [-0.39, 0.29) is 6.10 Å². The van der Waals surface area contributed by atoms with Crippen molar-refractivity contribution in [2.75, 3.05) is 6.54 Å². The monoisotopic (exact) mass is 367 g/mol. The minimum Gasteiger partial charge on any atom is -0.393 e. The van der Waals surface area contributed by atoms with Crippen molar-refractivity contribution in [1.29, 1.82) is 0 Å². The zero-order chi connectivity index (χ0) is 14.0. The van der Waals surface area contributed by atoms with Gasteiger partial charge in [0.05, 0.1) is 9.89 Å². The average molecular weight is 368 g/mol. The maximum atomic E-state index is 12.1. The lowest BCUT2D eigenvalue weighted by atomic mass is 9.88. The van der Waals surface area contributed by atoms with Crippen molar-refractivity contribution in [3.8, 4) is 0 Å². The molecule has 0 aromatic carbocycles. The Labute approximate surface area is 126 Å². The summed E-state index contributed by atoms with van der Waals surface area (Å²) >= 11 is 4.58. The van der Waals surface area contributed by atoms with Gasteiger partial charge in [0.1, 0.15) is 4.21 Å². The summed E-state index contributed by atoms with van der Waals surface area (Å²) < 4.78 is 28.2. The maximum Gasteiger partial charge on any atom is 0.250 e. The number of hydrogen-bond acceptors (Lipinski definition) is 4. The minimum atomic E-state index is -3.40. The predicted octanol–water partition coefficient (Wildman–Crippen LogP) is 2.65. The average Bonchev–Trinajstić information content (AvgIpc) is 2.70. The van der Waals surface area contributed by atoms with E-state index in [0.717, 1.165) is 35.0 Å². The van der Waals surface area contributed by atoms with Gasteiger partial charge in [-0.15, -0.1) is 11.3 Å². The van der Waals surface area contributed by atoms with Crippen LogP contribution in [0.4, 0.5) is 0 Å². The molecule has 1 aromatic heterocycles. The van der Waals surface area contributed by atoms with Gasteiger partial charge in [-0.1, -0.05) is 0 Å². The molecule has 0 saturated heterocycles. The number of rotatable bonds is 4. The highest BCUT2D eigenvalue weighted by Gasteiger charge is 2.23. The van der Waals surface area contributed by atoms with Crippen LogP contribution in [0.25, 0.3) is 0 Å². The Morgan fingerprint density at radius 1 is 1.42 bits per heavy atom. The number of thiophene rings is 1. The lowest BCUT2D eigenvalue weighted by Gasteiger charge is -2.25. The first-order chi connectivity index (χ1) is 8.88. The second kappa shape index (κ2) is 6.22. The quantitative estimate of drug-likeness (QED) is 0.859. The summed E-state index contributed by atoms with van der Waals surface area (Å²) in [5, 5.41) is 9.42. The molecule has 4 nitrogen and oxygen atoms in total. The van der Waals surface area contributed by atoms with Gasteiger partial charge >= 0.3 is 0 Å². The van der Waals surface area contributed by atoms with Gasteiger partial charge in [-0.2, -0.15) is 0 Å².